The minimum absolute atomic E-state index is 0.116. The molecule has 21 heavy (non-hydrogen) atoms. The van der Waals surface area contributed by atoms with Gasteiger partial charge in [-0.1, -0.05) is 23.2 Å². The third-order valence-electron chi connectivity index (χ3n) is 2.34. The molecule has 0 unspecified atom stereocenters. The van der Waals surface area contributed by atoms with Crippen LogP contribution in [0.4, 0.5) is 18.9 Å². The van der Waals surface area contributed by atoms with Crippen molar-refractivity contribution in [2.24, 2.45) is 0 Å². The van der Waals surface area contributed by atoms with E-state index in [0.717, 1.165) is 12.3 Å². The zero-order valence-electron chi connectivity index (χ0n) is 9.87. The van der Waals surface area contributed by atoms with Crippen molar-refractivity contribution >= 4 is 38.9 Å². The van der Waals surface area contributed by atoms with Gasteiger partial charge in [-0.2, -0.15) is 0 Å². The average molecular weight is 357 g/mol. The van der Waals surface area contributed by atoms with Crippen molar-refractivity contribution in [2.45, 2.75) is 4.90 Å². The van der Waals surface area contributed by atoms with E-state index >= 15 is 0 Å². The Kier molecular flexibility index (Phi) is 4.31. The number of benzene rings is 1. The predicted octanol–water partition coefficient (Wildman–Crippen LogP) is 3.61. The lowest BCUT2D eigenvalue weighted by Crippen LogP contribution is -2.15. The van der Waals surface area contributed by atoms with Gasteiger partial charge in [0.1, 0.15) is 15.9 Å². The number of halogens is 5. The molecule has 0 spiro atoms. The largest absolute Gasteiger partial charge is 0.276 e. The van der Waals surface area contributed by atoms with Crippen molar-refractivity contribution in [1.29, 1.82) is 0 Å². The lowest BCUT2D eigenvalue weighted by atomic mass is 10.3. The van der Waals surface area contributed by atoms with Crippen LogP contribution < -0.4 is 4.72 Å². The van der Waals surface area contributed by atoms with Crippen LogP contribution in [0.5, 0.6) is 0 Å². The SMILES string of the molecule is O=S(=O)(Nc1cc(F)c(F)cc1F)c1cnc(Cl)c(Cl)c1. The number of rotatable bonds is 3. The number of pyridine rings is 1. The Morgan fingerprint density at radius 2 is 1.62 bits per heavy atom. The Labute approximate surface area is 127 Å². The fourth-order valence-corrected chi connectivity index (χ4v) is 2.72. The molecule has 112 valence electrons. The number of nitrogens with one attached hydrogen (secondary N) is 1. The highest BCUT2D eigenvalue weighted by molar-refractivity contribution is 7.92. The molecule has 0 saturated carbocycles. The van der Waals surface area contributed by atoms with Gasteiger partial charge in [0.25, 0.3) is 10.0 Å². The molecule has 0 fully saturated rings. The van der Waals surface area contributed by atoms with Gasteiger partial charge in [-0.05, 0) is 6.07 Å². The number of anilines is 1. The Bertz CT molecular complexity index is 815. The monoisotopic (exact) mass is 356 g/mol. The van der Waals surface area contributed by atoms with Crippen LogP contribution in [0.3, 0.4) is 0 Å². The first kappa shape index (κ1) is 15.9. The van der Waals surface area contributed by atoms with Gasteiger partial charge in [-0.15, -0.1) is 0 Å². The summed E-state index contributed by atoms with van der Waals surface area (Å²) in [5.74, 6) is -4.11. The van der Waals surface area contributed by atoms with E-state index in [1.54, 1.807) is 4.72 Å². The molecule has 0 aliphatic heterocycles. The minimum Gasteiger partial charge on any atom is -0.276 e. The van der Waals surface area contributed by atoms with E-state index < -0.39 is 38.1 Å². The normalized spacial score (nSPS) is 11.5. The summed E-state index contributed by atoms with van der Waals surface area (Å²) < 4.78 is 65.0. The fourth-order valence-electron chi connectivity index (χ4n) is 1.36. The molecular weight excluding hydrogens is 352 g/mol. The van der Waals surface area contributed by atoms with Crippen LogP contribution in [0.15, 0.2) is 29.3 Å². The molecule has 2 aromatic rings. The zero-order chi connectivity index (χ0) is 15.8. The summed E-state index contributed by atoms with van der Waals surface area (Å²) >= 11 is 11.2. The number of sulfonamides is 1. The van der Waals surface area contributed by atoms with Gasteiger partial charge in [0.05, 0.1) is 10.7 Å². The molecule has 10 heteroatoms. The zero-order valence-corrected chi connectivity index (χ0v) is 12.2. The van der Waals surface area contributed by atoms with E-state index in [1.165, 1.54) is 0 Å². The average Bonchev–Trinajstić information content (AvgIpc) is 2.39. The van der Waals surface area contributed by atoms with Gasteiger partial charge in [-0.25, -0.2) is 26.6 Å². The fraction of sp³-hybridized carbons (Fsp3) is 0. The molecule has 0 aliphatic carbocycles. The number of hydrogen-bond acceptors (Lipinski definition) is 3. The van der Waals surface area contributed by atoms with Crippen molar-refractivity contribution in [3.05, 3.63) is 52.0 Å². The van der Waals surface area contributed by atoms with Gasteiger partial charge in [0, 0.05) is 18.3 Å². The van der Waals surface area contributed by atoms with E-state index in [9.17, 15) is 21.6 Å². The van der Waals surface area contributed by atoms with Crippen molar-refractivity contribution in [3.8, 4) is 0 Å². The summed E-state index contributed by atoms with van der Waals surface area (Å²) in [5, 5.41) is -0.250. The third kappa shape index (κ3) is 3.39. The first-order valence-corrected chi connectivity index (χ1v) is 7.43. The number of hydrogen-bond donors (Lipinski definition) is 1. The highest BCUT2D eigenvalue weighted by atomic mass is 35.5. The molecule has 0 bridgehead atoms. The van der Waals surface area contributed by atoms with Gasteiger partial charge < -0.3 is 0 Å². The second-order valence-corrected chi connectivity index (χ2v) is 6.24. The van der Waals surface area contributed by atoms with E-state index in [-0.39, 0.29) is 16.2 Å². The van der Waals surface area contributed by atoms with E-state index in [0.29, 0.717) is 6.07 Å². The molecule has 2 rings (SSSR count). The minimum atomic E-state index is -4.29. The van der Waals surface area contributed by atoms with Crippen LogP contribution in [0.2, 0.25) is 10.2 Å². The predicted molar refractivity (Wildman–Crippen MR) is 71.4 cm³/mol. The maximum absolute atomic E-state index is 13.4. The lowest BCUT2D eigenvalue weighted by Gasteiger charge is -2.09. The highest BCUT2D eigenvalue weighted by Gasteiger charge is 2.20. The first-order chi connectivity index (χ1) is 9.70. The molecule has 0 saturated heterocycles. The number of nitrogens with zero attached hydrogens (tertiary/aromatic N) is 1. The lowest BCUT2D eigenvalue weighted by molar-refractivity contribution is 0.496. The number of aromatic nitrogens is 1. The van der Waals surface area contributed by atoms with Crippen LogP contribution >= 0.6 is 23.2 Å². The van der Waals surface area contributed by atoms with Gasteiger partial charge in [-0.3, -0.25) is 4.72 Å². The van der Waals surface area contributed by atoms with E-state index in [1.807, 2.05) is 0 Å². The van der Waals surface area contributed by atoms with Crippen LogP contribution in [-0.4, -0.2) is 13.4 Å². The molecule has 0 amide bonds. The third-order valence-corrected chi connectivity index (χ3v) is 4.35. The molecule has 0 atom stereocenters. The summed E-state index contributed by atoms with van der Waals surface area (Å²) in [6.07, 6.45) is 0.883. The van der Waals surface area contributed by atoms with Crippen LogP contribution in [-0.2, 0) is 10.0 Å². The molecule has 1 N–H and O–H groups in total. The van der Waals surface area contributed by atoms with Crippen LogP contribution in [0, 0.1) is 17.5 Å². The Balaban J connectivity index is 2.42. The summed E-state index contributed by atoms with van der Waals surface area (Å²) in [6.45, 7) is 0. The molecule has 1 heterocycles. The van der Waals surface area contributed by atoms with Gasteiger partial charge >= 0.3 is 0 Å². The van der Waals surface area contributed by atoms with Crippen molar-refractivity contribution in [3.63, 3.8) is 0 Å². The van der Waals surface area contributed by atoms with Gasteiger partial charge in [0.15, 0.2) is 11.6 Å². The topological polar surface area (TPSA) is 59.1 Å². The molecule has 1 aromatic heterocycles. The second-order valence-electron chi connectivity index (χ2n) is 3.80. The molecule has 4 nitrogen and oxygen atoms in total. The summed E-state index contributed by atoms with van der Waals surface area (Å²) in [7, 11) is -4.29. The quantitative estimate of drug-likeness (QED) is 0.675. The van der Waals surface area contributed by atoms with Gasteiger partial charge in [0.2, 0.25) is 0 Å². The standard InChI is InChI=1S/C11H5Cl2F3N2O2S/c12-6-1-5(4-17-11(6)13)21(19,20)18-10-3-8(15)7(14)2-9(10)16/h1-4,18H. The van der Waals surface area contributed by atoms with Crippen LogP contribution in [0.25, 0.3) is 0 Å². The maximum atomic E-state index is 13.4. The summed E-state index contributed by atoms with van der Waals surface area (Å²) in [5.41, 5.74) is -0.750. The van der Waals surface area contributed by atoms with Crippen molar-refractivity contribution < 1.29 is 21.6 Å². The summed E-state index contributed by atoms with van der Waals surface area (Å²) in [6, 6.07) is 1.59. The second kappa shape index (κ2) is 5.70. The smallest absolute Gasteiger partial charge is 0.263 e. The molecule has 1 aromatic carbocycles. The van der Waals surface area contributed by atoms with Crippen molar-refractivity contribution in [1.82, 2.24) is 4.98 Å². The first-order valence-electron chi connectivity index (χ1n) is 5.19. The maximum Gasteiger partial charge on any atom is 0.263 e. The molecule has 0 radical (unpaired) electrons. The Morgan fingerprint density at radius 1 is 1.00 bits per heavy atom. The molecule has 0 aliphatic rings. The van der Waals surface area contributed by atoms with Crippen LogP contribution in [0.1, 0.15) is 0 Å². The highest BCUT2D eigenvalue weighted by Crippen LogP contribution is 2.25. The molecular formula is C11H5Cl2F3N2O2S. The Hall–Kier alpha value is -1.51. The Morgan fingerprint density at radius 3 is 2.24 bits per heavy atom. The van der Waals surface area contributed by atoms with E-state index in [4.69, 9.17) is 23.2 Å². The van der Waals surface area contributed by atoms with E-state index in [2.05, 4.69) is 4.98 Å². The van der Waals surface area contributed by atoms with Crippen molar-refractivity contribution in [2.75, 3.05) is 4.72 Å². The summed E-state index contributed by atoms with van der Waals surface area (Å²) in [4.78, 5) is 3.11.